The Hall–Kier alpha value is -1.80. The van der Waals surface area contributed by atoms with Crippen LogP contribution in [0.1, 0.15) is 13.8 Å². The summed E-state index contributed by atoms with van der Waals surface area (Å²) in [6.07, 6.45) is -0.617. The number of fused-ring (bicyclic) bond motifs is 1. The van der Waals surface area contributed by atoms with Gasteiger partial charge in [0.15, 0.2) is 11.5 Å². The number of ether oxygens (including phenoxy) is 2. The maximum Gasteiger partial charge on any atom is 0.237 e. The van der Waals surface area contributed by atoms with Gasteiger partial charge < -0.3 is 14.8 Å². The molecule has 8 heteroatoms. The van der Waals surface area contributed by atoms with E-state index in [0.29, 0.717) is 18.0 Å². The first kappa shape index (κ1) is 16.6. The number of carbonyl (C=O) groups is 1. The number of benzene rings is 1. The fourth-order valence-corrected chi connectivity index (χ4v) is 3.48. The van der Waals surface area contributed by atoms with E-state index in [1.54, 1.807) is 25.1 Å². The number of para-hydroxylation sites is 2. The van der Waals surface area contributed by atoms with Crippen molar-refractivity contribution in [1.29, 1.82) is 0 Å². The van der Waals surface area contributed by atoms with E-state index in [4.69, 9.17) is 9.47 Å². The van der Waals surface area contributed by atoms with Crippen molar-refractivity contribution in [2.24, 2.45) is 0 Å². The second-order valence-corrected chi connectivity index (χ2v) is 6.81. The van der Waals surface area contributed by atoms with Gasteiger partial charge in [0.1, 0.15) is 18.5 Å². The standard InChI is InChI=1S/C14H20N2O5S/c1-3-15-14(17)10(2)16-22(18,19)9-11-8-20-12-6-4-5-7-13(12)21-11/h4-7,10-11,16H,3,8-9H2,1-2H3,(H,15,17)/t10-,11-/m1/s1. The molecule has 7 nitrogen and oxygen atoms in total. The summed E-state index contributed by atoms with van der Waals surface area (Å²) in [6, 6.07) is 6.25. The first-order chi connectivity index (χ1) is 10.4. The SMILES string of the molecule is CCNC(=O)[C@@H](C)NS(=O)(=O)C[C@H]1COc2ccccc2O1. The van der Waals surface area contributed by atoms with Crippen LogP contribution >= 0.6 is 0 Å². The molecule has 1 aliphatic rings. The average molecular weight is 328 g/mol. The molecule has 2 rings (SSSR count). The van der Waals surface area contributed by atoms with E-state index in [1.807, 2.05) is 6.07 Å². The van der Waals surface area contributed by atoms with Gasteiger partial charge >= 0.3 is 0 Å². The van der Waals surface area contributed by atoms with E-state index in [0.717, 1.165) is 0 Å². The van der Waals surface area contributed by atoms with E-state index in [-0.39, 0.29) is 18.3 Å². The molecule has 22 heavy (non-hydrogen) atoms. The van der Waals surface area contributed by atoms with Gasteiger partial charge in [0.25, 0.3) is 0 Å². The van der Waals surface area contributed by atoms with Crippen molar-refractivity contribution in [1.82, 2.24) is 10.0 Å². The maximum absolute atomic E-state index is 12.1. The van der Waals surface area contributed by atoms with Crippen molar-refractivity contribution in [3.63, 3.8) is 0 Å². The van der Waals surface area contributed by atoms with Gasteiger partial charge in [-0.2, -0.15) is 0 Å². The molecule has 0 saturated heterocycles. The van der Waals surface area contributed by atoms with Crippen molar-refractivity contribution >= 4 is 15.9 Å². The third-order valence-electron chi connectivity index (χ3n) is 3.07. The highest BCUT2D eigenvalue weighted by Gasteiger charge is 2.28. The number of likely N-dealkylation sites (N-methyl/N-ethyl adjacent to an activating group) is 1. The Morgan fingerprint density at radius 3 is 2.73 bits per heavy atom. The third kappa shape index (κ3) is 4.35. The minimum absolute atomic E-state index is 0.146. The molecule has 0 aliphatic carbocycles. The fraction of sp³-hybridized carbons (Fsp3) is 0.500. The Balaban J connectivity index is 1.94. The van der Waals surface area contributed by atoms with Crippen LogP contribution < -0.4 is 19.5 Å². The predicted octanol–water partition coefficient (Wildman–Crippen LogP) is 0.270. The van der Waals surface area contributed by atoms with Gasteiger partial charge in [0, 0.05) is 6.54 Å². The molecule has 2 atom stereocenters. The molecule has 0 saturated carbocycles. The molecule has 1 aliphatic heterocycles. The Morgan fingerprint density at radius 2 is 2.05 bits per heavy atom. The molecule has 0 radical (unpaired) electrons. The summed E-state index contributed by atoms with van der Waals surface area (Å²) in [5.41, 5.74) is 0. The number of hydrogen-bond donors (Lipinski definition) is 2. The second-order valence-electron chi connectivity index (χ2n) is 5.01. The van der Waals surface area contributed by atoms with Crippen molar-refractivity contribution < 1.29 is 22.7 Å². The number of carbonyl (C=O) groups excluding carboxylic acids is 1. The number of hydrogen-bond acceptors (Lipinski definition) is 5. The zero-order chi connectivity index (χ0) is 16.2. The van der Waals surface area contributed by atoms with E-state index >= 15 is 0 Å². The summed E-state index contributed by atoms with van der Waals surface area (Å²) in [5, 5.41) is 2.56. The quantitative estimate of drug-likeness (QED) is 0.782. The highest BCUT2D eigenvalue weighted by atomic mass is 32.2. The van der Waals surface area contributed by atoms with Gasteiger partial charge in [-0.25, -0.2) is 13.1 Å². The lowest BCUT2D eigenvalue weighted by Gasteiger charge is -2.26. The Morgan fingerprint density at radius 1 is 1.36 bits per heavy atom. The normalized spacial score (nSPS) is 18.5. The van der Waals surface area contributed by atoms with Crippen LogP contribution in [0.5, 0.6) is 11.5 Å². The van der Waals surface area contributed by atoms with E-state index in [2.05, 4.69) is 10.0 Å². The predicted molar refractivity (Wildman–Crippen MR) is 81.4 cm³/mol. The van der Waals surface area contributed by atoms with Crippen LogP contribution in [0.25, 0.3) is 0 Å². The van der Waals surface area contributed by atoms with Gasteiger partial charge in [-0.05, 0) is 26.0 Å². The monoisotopic (exact) mass is 328 g/mol. The molecular weight excluding hydrogens is 308 g/mol. The summed E-state index contributed by atoms with van der Waals surface area (Å²) < 4.78 is 37.6. The zero-order valence-electron chi connectivity index (χ0n) is 12.5. The minimum Gasteiger partial charge on any atom is -0.486 e. The summed E-state index contributed by atoms with van der Waals surface area (Å²) >= 11 is 0. The lowest BCUT2D eigenvalue weighted by molar-refractivity contribution is -0.122. The van der Waals surface area contributed by atoms with Gasteiger partial charge in [-0.15, -0.1) is 0 Å². The number of rotatable bonds is 6. The first-order valence-corrected chi connectivity index (χ1v) is 8.72. The van der Waals surface area contributed by atoms with Crippen molar-refractivity contribution in [2.45, 2.75) is 26.0 Å². The molecular formula is C14H20N2O5S. The van der Waals surface area contributed by atoms with Crippen LogP contribution in [0.15, 0.2) is 24.3 Å². The van der Waals surface area contributed by atoms with Crippen LogP contribution in [0.2, 0.25) is 0 Å². The fourth-order valence-electron chi connectivity index (χ4n) is 2.09. The maximum atomic E-state index is 12.1. The Bertz CT molecular complexity index is 632. The number of amides is 1. The summed E-state index contributed by atoms with van der Waals surface area (Å²) in [4.78, 5) is 11.6. The van der Waals surface area contributed by atoms with Crippen LogP contribution in [0.4, 0.5) is 0 Å². The molecule has 0 unspecified atom stereocenters. The van der Waals surface area contributed by atoms with Crippen molar-refractivity contribution in [2.75, 3.05) is 18.9 Å². The van der Waals surface area contributed by atoms with E-state index in [1.165, 1.54) is 6.92 Å². The van der Waals surface area contributed by atoms with Gasteiger partial charge in [0.2, 0.25) is 15.9 Å². The topological polar surface area (TPSA) is 93.7 Å². The van der Waals surface area contributed by atoms with Gasteiger partial charge in [-0.1, -0.05) is 12.1 Å². The second kappa shape index (κ2) is 6.97. The van der Waals surface area contributed by atoms with E-state index in [9.17, 15) is 13.2 Å². The largest absolute Gasteiger partial charge is 0.486 e. The summed E-state index contributed by atoms with van der Waals surface area (Å²) in [6.45, 7) is 3.86. The van der Waals surface area contributed by atoms with Crippen molar-refractivity contribution in [3.05, 3.63) is 24.3 Å². The average Bonchev–Trinajstić information content (AvgIpc) is 2.46. The molecule has 122 valence electrons. The highest BCUT2D eigenvalue weighted by molar-refractivity contribution is 7.89. The van der Waals surface area contributed by atoms with Gasteiger partial charge in [-0.3, -0.25) is 4.79 Å². The summed E-state index contributed by atoms with van der Waals surface area (Å²) in [5.74, 6) is 0.480. The van der Waals surface area contributed by atoms with Gasteiger partial charge in [0.05, 0.1) is 6.04 Å². The minimum atomic E-state index is -3.66. The van der Waals surface area contributed by atoms with Crippen LogP contribution in [0.3, 0.4) is 0 Å². The molecule has 0 aromatic heterocycles. The molecule has 0 fully saturated rings. The van der Waals surface area contributed by atoms with Crippen molar-refractivity contribution in [3.8, 4) is 11.5 Å². The van der Waals surface area contributed by atoms with Crippen LogP contribution in [0, 0.1) is 0 Å². The zero-order valence-corrected chi connectivity index (χ0v) is 13.4. The Labute approximate surface area is 130 Å². The molecule has 1 aromatic carbocycles. The molecule has 0 spiro atoms. The lowest BCUT2D eigenvalue weighted by Crippen LogP contribution is -2.48. The third-order valence-corrected chi connectivity index (χ3v) is 4.60. The highest BCUT2D eigenvalue weighted by Crippen LogP contribution is 2.31. The molecule has 1 amide bonds. The molecule has 1 aromatic rings. The molecule has 0 bridgehead atoms. The first-order valence-electron chi connectivity index (χ1n) is 7.07. The molecule has 1 heterocycles. The van der Waals surface area contributed by atoms with Crippen LogP contribution in [-0.4, -0.2) is 45.4 Å². The van der Waals surface area contributed by atoms with Crippen LogP contribution in [-0.2, 0) is 14.8 Å². The number of sulfonamides is 1. The Kier molecular flexibility index (Phi) is 5.25. The number of nitrogens with one attached hydrogen (secondary N) is 2. The lowest BCUT2D eigenvalue weighted by atomic mass is 10.3. The molecule has 2 N–H and O–H groups in total. The smallest absolute Gasteiger partial charge is 0.237 e. The summed E-state index contributed by atoms with van der Waals surface area (Å²) in [7, 11) is -3.66. The van der Waals surface area contributed by atoms with E-state index < -0.39 is 22.2 Å².